The van der Waals surface area contributed by atoms with E-state index in [1.165, 1.54) is 5.56 Å². The molecule has 6 nitrogen and oxygen atoms in total. The highest BCUT2D eigenvalue weighted by atomic mass is 35.5. The van der Waals surface area contributed by atoms with Crippen molar-refractivity contribution in [2.75, 3.05) is 19.6 Å². The predicted molar refractivity (Wildman–Crippen MR) is 171 cm³/mol. The van der Waals surface area contributed by atoms with Crippen molar-refractivity contribution in [3.8, 4) is 0 Å². The van der Waals surface area contributed by atoms with Crippen molar-refractivity contribution in [1.82, 2.24) is 20.5 Å². The first-order valence-electron chi connectivity index (χ1n) is 15.7. The van der Waals surface area contributed by atoms with E-state index in [-0.39, 0.29) is 27.8 Å². The molecule has 1 aliphatic carbocycles. The van der Waals surface area contributed by atoms with Crippen LogP contribution in [0.25, 0.3) is 10.9 Å². The SMILES string of the molecule is O=C(NC1CCc2ccc(C(=O)C3NCCC34CCN(Cc3ccc5ncccc5c3)CC4)cc21)c1cc(C(F)(F)F)ccc1Cl. The van der Waals surface area contributed by atoms with Gasteiger partial charge in [-0.15, -0.1) is 0 Å². The molecule has 2 unspecified atom stereocenters. The van der Waals surface area contributed by atoms with Crippen molar-refractivity contribution in [3.05, 3.63) is 111 Å². The van der Waals surface area contributed by atoms with Crippen LogP contribution in [0.5, 0.6) is 0 Å². The molecule has 0 bridgehead atoms. The molecule has 2 fully saturated rings. The molecule has 10 heteroatoms. The number of carbonyl (C=O) groups is 2. The molecule has 3 aromatic carbocycles. The molecular weight excluding hydrogens is 613 g/mol. The maximum absolute atomic E-state index is 14.1. The van der Waals surface area contributed by atoms with E-state index in [2.05, 4.69) is 44.8 Å². The quantitative estimate of drug-likeness (QED) is 0.218. The Morgan fingerprint density at radius 3 is 2.65 bits per heavy atom. The average Bonchev–Trinajstić information content (AvgIpc) is 3.65. The van der Waals surface area contributed by atoms with Crippen molar-refractivity contribution < 1.29 is 22.8 Å². The number of benzene rings is 3. The largest absolute Gasteiger partial charge is 0.416 e. The molecule has 1 amide bonds. The lowest BCUT2D eigenvalue weighted by Crippen LogP contribution is -2.49. The summed E-state index contributed by atoms with van der Waals surface area (Å²) in [5.74, 6) is -0.622. The Bertz CT molecular complexity index is 1820. The number of carbonyl (C=O) groups excluding carboxylic acids is 2. The number of fused-ring (bicyclic) bond motifs is 2. The number of nitrogens with one attached hydrogen (secondary N) is 2. The molecule has 46 heavy (non-hydrogen) atoms. The van der Waals surface area contributed by atoms with Crippen LogP contribution in [0.1, 0.15) is 74.7 Å². The minimum Gasteiger partial charge on any atom is -0.345 e. The van der Waals surface area contributed by atoms with Crippen LogP contribution in [-0.4, -0.2) is 47.3 Å². The summed E-state index contributed by atoms with van der Waals surface area (Å²) >= 11 is 6.12. The van der Waals surface area contributed by atoms with E-state index < -0.39 is 23.7 Å². The van der Waals surface area contributed by atoms with Crippen LogP contribution >= 0.6 is 11.6 Å². The Balaban J connectivity index is 1.03. The zero-order chi connectivity index (χ0) is 32.1. The van der Waals surface area contributed by atoms with Gasteiger partial charge in [0.15, 0.2) is 5.78 Å². The summed E-state index contributed by atoms with van der Waals surface area (Å²) in [5, 5.41) is 7.46. The monoisotopic (exact) mass is 646 g/mol. The van der Waals surface area contributed by atoms with Crippen LogP contribution in [-0.2, 0) is 19.1 Å². The van der Waals surface area contributed by atoms with E-state index in [9.17, 15) is 22.8 Å². The molecule has 1 aromatic heterocycles. The molecule has 7 rings (SSSR count). The van der Waals surface area contributed by atoms with E-state index in [0.717, 1.165) is 85.7 Å². The fraction of sp³-hybridized carbons (Fsp3) is 0.361. The zero-order valence-electron chi connectivity index (χ0n) is 25.2. The number of aromatic nitrogens is 1. The van der Waals surface area contributed by atoms with Gasteiger partial charge in [-0.05, 0) is 116 Å². The number of ketones is 1. The van der Waals surface area contributed by atoms with Gasteiger partial charge >= 0.3 is 6.18 Å². The van der Waals surface area contributed by atoms with Gasteiger partial charge in [-0.1, -0.05) is 35.9 Å². The standard InChI is InChI=1S/C36H34ClF3N4O2/c37-29-8-7-26(36(38,39)40)20-28(29)34(46)43-31-10-6-23-4-5-25(19-27(23)31)32(45)33-35(11-15-42-33)12-16-44(17-13-35)21-22-3-9-30-24(18-22)2-1-14-41-30/h1-5,7-9,14,18-20,31,33,42H,6,10-13,15-17,21H2,(H,43,46). The van der Waals surface area contributed by atoms with Crippen LogP contribution in [0.4, 0.5) is 13.2 Å². The van der Waals surface area contributed by atoms with E-state index in [1.54, 1.807) is 6.20 Å². The lowest BCUT2D eigenvalue weighted by atomic mass is 9.70. The van der Waals surface area contributed by atoms with E-state index in [4.69, 9.17) is 11.6 Å². The summed E-state index contributed by atoms with van der Waals surface area (Å²) in [5.41, 5.74) is 3.40. The molecule has 1 spiro atoms. The number of hydrogen-bond acceptors (Lipinski definition) is 5. The summed E-state index contributed by atoms with van der Waals surface area (Å²) in [6.45, 7) is 3.46. The summed E-state index contributed by atoms with van der Waals surface area (Å²) < 4.78 is 39.9. The lowest BCUT2D eigenvalue weighted by molar-refractivity contribution is -0.137. The van der Waals surface area contributed by atoms with Gasteiger partial charge in [0, 0.05) is 23.7 Å². The molecule has 2 saturated heterocycles. The summed E-state index contributed by atoms with van der Waals surface area (Å²) in [6, 6.07) is 18.1. The van der Waals surface area contributed by atoms with Crippen molar-refractivity contribution in [3.63, 3.8) is 0 Å². The fourth-order valence-corrected chi connectivity index (χ4v) is 7.76. The number of Topliss-reactive ketones (excluding diaryl/α,β-unsaturated/α-hetero) is 1. The second-order valence-corrected chi connectivity index (χ2v) is 13.2. The first kappa shape index (κ1) is 30.8. The topological polar surface area (TPSA) is 74.3 Å². The van der Waals surface area contributed by atoms with E-state index in [1.807, 2.05) is 24.3 Å². The van der Waals surface area contributed by atoms with Crippen LogP contribution < -0.4 is 10.6 Å². The maximum Gasteiger partial charge on any atom is 0.416 e. The van der Waals surface area contributed by atoms with Crippen LogP contribution in [0.3, 0.4) is 0 Å². The number of aryl methyl sites for hydroxylation is 1. The summed E-state index contributed by atoms with van der Waals surface area (Å²) in [4.78, 5) is 34.0. The smallest absolute Gasteiger partial charge is 0.345 e. The Morgan fingerprint density at radius 2 is 1.85 bits per heavy atom. The number of amides is 1. The highest BCUT2D eigenvalue weighted by molar-refractivity contribution is 6.33. The fourth-order valence-electron chi connectivity index (χ4n) is 7.56. The van der Waals surface area contributed by atoms with Crippen LogP contribution in [0.2, 0.25) is 5.02 Å². The molecule has 4 aromatic rings. The minimum absolute atomic E-state index is 0.0497. The van der Waals surface area contributed by atoms with Gasteiger partial charge in [0.05, 0.1) is 33.7 Å². The first-order chi connectivity index (χ1) is 22.1. The third-order valence-electron chi connectivity index (χ3n) is 10.1. The maximum atomic E-state index is 14.1. The van der Waals surface area contributed by atoms with Gasteiger partial charge in [-0.3, -0.25) is 19.5 Å². The highest BCUT2D eigenvalue weighted by Crippen LogP contribution is 2.43. The number of rotatable bonds is 6. The first-order valence-corrected chi connectivity index (χ1v) is 16.1. The Labute approximate surface area is 270 Å². The summed E-state index contributed by atoms with van der Waals surface area (Å²) in [6.07, 6.45) is 1.29. The molecule has 2 N–H and O–H groups in total. The van der Waals surface area contributed by atoms with E-state index in [0.29, 0.717) is 18.4 Å². The van der Waals surface area contributed by atoms with Gasteiger partial charge in [0.1, 0.15) is 0 Å². The van der Waals surface area contributed by atoms with Gasteiger partial charge in [-0.2, -0.15) is 13.2 Å². The average molecular weight is 647 g/mol. The Hall–Kier alpha value is -3.79. The number of nitrogens with zero attached hydrogens (tertiary/aromatic N) is 2. The predicted octanol–water partition coefficient (Wildman–Crippen LogP) is 7.15. The number of alkyl halides is 3. The van der Waals surface area contributed by atoms with Crippen LogP contribution in [0.15, 0.2) is 72.9 Å². The molecule has 2 atom stereocenters. The third kappa shape index (κ3) is 5.92. The highest BCUT2D eigenvalue weighted by Gasteiger charge is 2.48. The lowest BCUT2D eigenvalue weighted by Gasteiger charge is -2.42. The molecule has 3 aliphatic rings. The second-order valence-electron chi connectivity index (χ2n) is 12.8. The normalized spacial score (nSPS) is 21.0. The van der Waals surface area contributed by atoms with E-state index >= 15 is 0 Å². The number of pyridine rings is 1. The van der Waals surface area contributed by atoms with Crippen LogP contribution in [0, 0.1) is 5.41 Å². The van der Waals surface area contributed by atoms with Crippen molar-refractivity contribution >= 4 is 34.2 Å². The third-order valence-corrected chi connectivity index (χ3v) is 10.5. The van der Waals surface area contributed by atoms with Crippen molar-refractivity contribution in [2.45, 2.75) is 56.9 Å². The van der Waals surface area contributed by atoms with Crippen molar-refractivity contribution in [2.24, 2.45) is 5.41 Å². The van der Waals surface area contributed by atoms with Gasteiger partial charge in [-0.25, -0.2) is 0 Å². The number of piperidine rings is 1. The number of halogens is 4. The van der Waals surface area contributed by atoms with Gasteiger partial charge in [0.25, 0.3) is 5.91 Å². The number of likely N-dealkylation sites (tertiary alicyclic amines) is 1. The number of hydrogen-bond donors (Lipinski definition) is 2. The second kappa shape index (κ2) is 12.1. The van der Waals surface area contributed by atoms with Gasteiger partial charge in [0.2, 0.25) is 0 Å². The molecule has 2 aliphatic heterocycles. The van der Waals surface area contributed by atoms with Gasteiger partial charge < -0.3 is 10.6 Å². The Morgan fingerprint density at radius 1 is 1.02 bits per heavy atom. The molecule has 3 heterocycles. The molecular formula is C36H34ClF3N4O2. The Kier molecular flexibility index (Phi) is 8.11. The molecule has 0 radical (unpaired) electrons. The molecule has 0 saturated carbocycles. The summed E-state index contributed by atoms with van der Waals surface area (Å²) in [7, 11) is 0. The zero-order valence-corrected chi connectivity index (χ0v) is 25.9. The molecule has 238 valence electrons. The van der Waals surface area contributed by atoms with Crippen molar-refractivity contribution in [1.29, 1.82) is 0 Å². The minimum atomic E-state index is -4.59.